The molecule has 3 heterocycles. The van der Waals surface area contributed by atoms with Crippen molar-refractivity contribution in [2.75, 3.05) is 0 Å². The minimum Gasteiger partial charge on any atom is -0.508 e. The van der Waals surface area contributed by atoms with Crippen LogP contribution < -0.4 is 9.47 Å². The number of fused-ring (bicyclic) bond motifs is 4. The number of benzene rings is 3. The number of hydrogen-bond acceptors (Lipinski definition) is 6. The van der Waals surface area contributed by atoms with Gasteiger partial charge < -0.3 is 14.6 Å². The van der Waals surface area contributed by atoms with Gasteiger partial charge in [0.25, 0.3) is 0 Å². The molecular formula is C29H26N4O3. The smallest absolute Gasteiger partial charge is 0.228 e. The molecule has 7 nitrogen and oxygen atoms in total. The molecule has 36 heavy (non-hydrogen) atoms. The van der Waals surface area contributed by atoms with Gasteiger partial charge in [-0.3, -0.25) is 0 Å². The van der Waals surface area contributed by atoms with Gasteiger partial charge >= 0.3 is 0 Å². The third kappa shape index (κ3) is 3.82. The van der Waals surface area contributed by atoms with Crippen LogP contribution in [0.1, 0.15) is 59.3 Å². The van der Waals surface area contributed by atoms with Crippen LogP contribution in [0, 0.1) is 6.92 Å². The third-order valence-corrected chi connectivity index (χ3v) is 6.52. The van der Waals surface area contributed by atoms with Gasteiger partial charge in [-0.25, -0.2) is 14.5 Å². The molecule has 1 aliphatic rings. The molecule has 3 aromatic carbocycles. The summed E-state index contributed by atoms with van der Waals surface area (Å²) in [5.41, 5.74) is 5.80. The summed E-state index contributed by atoms with van der Waals surface area (Å²) in [6.07, 6.45) is 1.60. The van der Waals surface area contributed by atoms with Crippen LogP contribution in [0.2, 0.25) is 0 Å². The normalized spacial score (nSPS) is 14.4. The molecule has 5 aromatic rings. The average molecular weight is 479 g/mol. The maximum absolute atomic E-state index is 10.1. The van der Waals surface area contributed by atoms with Gasteiger partial charge in [0.05, 0.1) is 5.56 Å². The largest absolute Gasteiger partial charge is 0.508 e. The van der Waals surface area contributed by atoms with Crippen molar-refractivity contribution in [2.45, 2.75) is 39.2 Å². The zero-order chi connectivity index (χ0) is 24.8. The van der Waals surface area contributed by atoms with Gasteiger partial charge in [0.2, 0.25) is 5.88 Å². The van der Waals surface area contributed by atoms with Gasteiger partial charge in [-0.2, -0.15) is 0 Å². The fourth-order valence-electron chi connectivity index (χ4n) is 4.79. The lowest BCUT2D eigenvalue weighted by atomic mass is 9.84. The Morgan fingerprint density at radius 3 is 2.69 bits per heavy atom. The molecule has 0 amide bonds. The molecule has 0 saturated heterocycles. The van der Waals surface area contributed by atoms with Crippen LogP contribution in [0.3, 0.4) is 0 Å². The van der Waals surface area contributed by atoms with E-state index in [9.17, 15) is 5.11 Å². The molecule has 180 valence electrons. The Labute approximate surface area is 209 Å². The number of phenols is 1. The van der Waals surface area contributed by atoms with E-state index in [1.807, 2.05) is 24.3 Å². The molecule has 1 atom stereocenters. The maximum Gasteiger partial charge on any atom is 0.228 e. The standard InChI is InChI=1S/C29H26N4O3/c1-17(2)21-11-9-18(3)13-23(21)35-15-25-31-28-27-26(19-7-5-4-6-8-19)22-12-10-20(34)14-24(22)36-29(27)30-16-33(28)32-25/h4-14,16-17,26,34H,15H2,1-3H3/t26-/m1/s1. The van der Waals surface area contributed by atoms with Gasteiger partial charge in [-0.1, -0.05) is 62.4 Å². The molecule has 0 aliphatic carbocycles. The highest BCUT2D eigenvalue weighted by Crippen LogP contribution is 2.48. The Balaban J connectivity index is 1.43. The highest BCUT2D eigenvalue weighted by atomic mass is 16.5. The minimum atomic E-state index is -0.177. The second-order valence-electron chi connectivity index (χ2n) is 9.41. The van der Waals surface area contributed by atoms with Crippen LogP contribution in [0.15, 0.2) is 73.1 Å². The van der Waals surface area contributed by atoms with Gasteiger partial charge in [0.15, 0.2) is 11.5 Å². The molecule has 0 unspecified atom stereocenters. The molecule has 0 bridgehead atoms. The lowest BCUT2D eigenvalue weighted by Gasteiger charge is -2.27. The van der Waals surface area contributed by atoms with Gasteiger partial charge in [0, 0.05) is 17.5 Å². The predicted molar refractivity (Wildman–Crippen MR) is 136 cm³/mol. The van der Waals surface area contributed by atoms with E-state index in [2.05, 4.69) is 61.2 Å². The molecule has 0 fully saturated rings. The molecule has 0 spiro atoms. The van der Waals surface area contributed by atoms with Crippen LogP contribution in [-0.4, -0.2) is 24.7 Å². The van der Waals surface area contributed by atoms with Crippen molar-refractivity contribution < 1.29 is 14.6 Å². The highest BCUT2D eigenvalue weighted by Gasteiger charge is 2.33. The second-order valence-corrected chi connectivity index (χ2v) is 9.41. The van der Waals surface area contributed by atoms with Gasteiger partial charge in [-0.15, -0.1) is 5.10 Å². The lowest BCUT2D eigenvalue weighted by Crippen LogP contribution is -2.14. The first-order valence-corrected chi connectivity index (χ1v) is 12.0. The second kappa shape index (κ2) is 8.68. The summed E-state index contributed by atoms with van der Waals surface area (Å²) in [7, 11) is 0. The Hall–Kier alpha value is -4.39. The third-order valence-electron chi connectivity index (χ3n) is 6.52. The number of phenolic OH excluding ortho intramolecular Hbond substituents is 1. The summed E-state index contributed by atoms with van der Waals surface area (Å²) in [5.74, 6) is 2.75. The number of aryl methyl sites for hydroxylation is 1. The van der Waals surface area contributed by atoms with E-state index in [-0.39, 0.29) is 18.3 Å². The van der Waals surface area contributed by atoms with E-state index in [0.29, 0.717) is 29.0 Å². The summed E-state index contributed by atoms with van der Waals surface area (Å²) < 4.78 is 14.0. The van der Waals surface area contributed by atoms with Crippen LogP contribution in [-0.2, 0) is 6.61 Å². The summed E-state index contributed by atoms with van der Waals surface area (Å²) >= 11 is 0. The minimum absolute atomic E-state index is 0.143. The molecule has 0 radical (unpaired) electrons. The molecule has 7 heteroatoms. The number of aromatic nitrogens is 4. The van der Waals surface area contributed by atoms with Crippen LogP contribution in [0.25, 0.3) is 5.65 Å². The first kappa shape index (κ1) is 22.1. The zero-order valence-corrected chi connectivity index (χ0v) is 20.3. The molecule has 1 aliphatic heterocycles. The van der Waals surface area contributed by atoms with Crippen molar-refractivity contribution >= 4 is 5.65 Å². The van der Waals surface area contributed by atoms with Crippen molar-refractivity contribution in [3.05, 3.63) is 107 Å². The molecule has 6 rings (SSSR count). The molecular weight excluding hydrogens is 452 g/mol. The maximum atomic E-state index is 10.1. The fraction of sp³-hybridized carbons (Fsp3) is 0.207. The van der Waals surface area contributed by atoms with Crippen molar-refractivity contribution in [1.82, 2.24) is 19.6 Å². The Morgan fingerprint density at radius 2 is 1.89 bits per heavy atom. The van der Waals surface area contributed by atoms with Crippen molar-refractivity contribution in [1.29, 1.82) is 0 Å². The van der Waals surface area contributed by atoms with Gasteiger partial charge in [0.1, 0.15) is 30.2 Å². The summed E-state index contributed by atoms with van der Waals surface area (Å²) in [6.45, 7) is 6.60. The van der Waals surface area contributed by atoms with E-state index in [1.165, 1.54) is 0 Å². The van der Waals surface area contributed by atoms with E-state index in [1.54, 1.807) is 23.0 Å². The fourth-order valence-corrected chi connectivity index (χ4v) is 4.79. The zero-order valence-electron chi connectivity index (χ0n) is 20.3. The topological polar surface area (TPSA) is 81.8 Å². The van der Waals surface area contributed by atoms with Crippen molar-refractivity contribution in [3.63, 3.8) is 0 Å². The monoisotopic (exact) mass is 478 g/mol. The molecule has 1 N–H and O–H groups in total. The van der Waals surface area contributed by atoms with Crippen LogP contribution in [0.4, 0.5) is 0 Å². The molecule has 2 aromatic heterocycles. The van der Waals surface area contributed by atoms with E-state index >= 15 is 0 Å². The SMILES string of the molecule is Cc1ccc(C(C)C)c(OCc2nc3c4c(ncn3n2)Oc2cc(O)ccc2[C@H]4c2ccccc2)c1. The number of ether oxygens (including phenoxy) is 2. The number of nitrogens with zero attached hydrogens (tertiary/aromatic N) is 4. The first-order valence-electron chi connectivity index (χ1n) is 12.0. The Morgan fingerprint density at radius 1 is 1.06 bits per heavy atom. The van der Waals surface area contributed by atoms with Gasteiger partial charge in [-0.05, 0) is 41.7 Å². The van der Waals surface area contributed by atoms with E-state index in [0.717, 1.165) is 33.6 Å². The van der Waals surface area contributed by atoms with E-state index < -0.39 is 0 Å². The summed E-state index contributed by atoms with van der Waals surface area (Å²) in [6, 6.07) is 21.6. The van der Waals surface area contributed by atoms with Crippen LogP contribution >= 0.6 is 0 Å². The quantitative estimate of drug-likeness (QED) is 0.321. The summed E-state index contributed by atoms with van der Waals surface area (Å²) in [5, 5.41) is 14.7. The predicted octanol–water partition coefficient (Wildman–Crippen LogP) is 6.13. The Bertz CT molecular complexity index is 1580. The average Bonchev–Trinajstić information content (AvgIpc) is 3.30. The van der Waals surface area contributed by atoms with Crippen LogP contribution in [0.5, 0.6) is 23.1 Å². The number of rotatable bonds is 5. The number of aromatic hydroxyl groups is 1. The number of hydrogen-bond donors (Lipinski definition) is 1. The van der Waals surface area contributed by atoms with Crippen molar-refractivity contribution in [2.24, 2.45) is 0 Å². The Kier molecular flexibility index (Phi) is 5.33. The highest BCUT2D eigenvalue weighted by molar-refractivity contribution is 5.66. The molecule has 0 saturated carbocycles. The van der Waals surface area contributed by atoms with E-state index in [4.69, 9.17) is 14.5 Å². The summed E-state index contributed by atoms with van der Waals surface area (Å²) in [4.78, 5) is 9.41. The first-order chi connectivity index (χ1) is 17.5. The lowest BCUT2D eigenvalue weighted by molar-refractivity contribution is 0.291. The van der Waals surface area contributed by atoms with Crippen molar-refractivity contribution in [3.8, 4) is 23.1 Å².